The van der Waals surface area contributed by atoms with Crippen molar-refractivity contribution in [1.82, 2.24) is 4.98 Å². The third-order valence-electron chi connectivity index (χ3n) is 7.42. The third kappa shape index (κ3) is 3.91. The Kier molecular flexibility index (Phi) is 6.18. The number of rotatable bonds is 4. The van der Waals surface area contributed by atoms with Gasteiger partial charge in [-0.2, -0.15) is 0 Å². The molecule has 0 spiro atoms. The van der Waals surface area contributed by atoms with Gasteiger partial charge in [-0.3, -0.25) is 9.78 Å². The highest BCUT2D eigenvalue weighted by Crippen LogP contribution is 2.46. The van der Waals surface area contributed by atoms with Gasteiger partial charge in [-0.15, -0.1) is 0 Å². The van der Waals surface area contributed by atoms with Gasteiger partial charge in [0.2, 0.25) is 0 Å². The van der Waals surface area contributed by atoms with Crippen LogP contribution in [-0.4, -0.2) is 29.3 Å². The maximum atomic E-state index is 15.4. The number of fused-ring (bicyclic) bond motifs is 2. The van der Waals surface area contributed by atoms with Gasteiger partial charge >= 0.3 is 5.97 Å². The molecule has 0 saturated carbocycles. The van der Waals surface area contributed by atoms with Crippen molar-refractivity contribution in [3.8, 4) is 33.8 Å². The lowest BCUT2D eigenvalue weighted by Gasteiger charge is -2.27. The zero-order chi connectivity index (χ0) is 25.7. The summed E-state index contributed by atoms with van der Waals surface area (Å²) in [5.41, 5.74) is 7.41. The number of aryl methyl sites for hydroxylation is 2. The first-order valence-electron chi connectivity index (χ1n) is 12.3. The molecule has 188 valence electrons. The second-order valence-corrected chi connectivity index (χ2v) is 9.66. The Morgan fingerprint density at radius 2 is 1.36 bits per heavy atom. The fraction of sp³-hybridized carbons (Fsp3) is 0.379. The number of aromatic nitrogens is 1. The summed E-state index contributed by atoms with van der Waals surface area (Å²) in [5, 5.41) is 9.77. The molecule has 5 nitrogen and oxygen atoms in total. The minimum absolute atomic E-state index is 0.263. The normalized spacial score (nSPS) is 14.5. The van der Waals surface area contributed by atoms with E-state index in [1.165, 1.54) is 12.1 Å². The van der Waals surface area contributed by atoms with Crippen molar-refractivity contribution in [2.45, 2.75) is 59.8 Å². The topological polar surface area (TPSA) is 68.7 Å². The Bertz CT molecular complexity index is 1410. The largest absolute Gasteiger partial charge is 0.490 e. The van der Waals surface area contributed by atoms with Crippen molar-refractivity contribution in [2.24, 2.45) is 0 Å². The summed E-state index contributed by atoms with van der Waals surface area (Å²) in [7, 11) is 0. The van der Waals surface area contributed by atoms with Crippen LogP contribution in [0.15, 0.2) is 12.1 Å². The van der Waals surface area contributed by atoms with Gasteiger partial charge in [0, 0.05) is 28.1 Å². The van der Waals surface area contributed by atoms with E-state index in [-0.39, 0.29) is 17.9 Å². The number of pyridine rings is 1. The minimum atomic E-state index is -1.02. The molecule has 5 rings (SSSR count). The van der Waals surface area contributed by atoms with Crippen LogP contribution >= 0.6 is 0 Å². The molecule has 7 heteroatoms. The van der Waals surface area contributed by atoms with Crippen molar-refractivity contribution in [1.29, 1.82) is 0 Å². The van der Waals surface area contributed by atoms with E-state index in [1.54, 1.807) is 6.92 Å². The molecule has 3 heterocycles. The molecular weight excluding hydrogens is 464 g/mol. The van der Waals surface area contributed by atoms with E-state index in [4.69, 9.17) is 9.47 Å². The molecule has 1 aromatic heterocycles. The Balaban J connectivity index is 1.89. The van der Waals surface area contributed by atoms with Crippen LogP contribution in [-0.2, 0) is 24.1 Å². The molecule has 0 atom stereocenters. The highest BCUT2D eigenvalue weighted by atomic mass is 19.1. The number of nitrogens with zero attached hydrogens (tertiary/aromatic N) is 1. The molecule has 0 radical (unpaired) electrons. The lowest BCUT2D eigenvalue weighted by atomic mass is 9.82. The molecule has 2 aliphatic rings. The quantitative estimate of drug-likeness (QED) is 0.468. The van der Waals surface area contributed by atoms with E-state index in [0.717, 1.165) is 35.1 Å². The SMILES string of the molecule is Cc1nc(C)c(-c2cc(F)c3c(c2C)CCCO3)c(-c2cc(F)c3c(c2C)CCCO3)c1CC(=O)O. The van der Waals surface area contributed by atoms with Gasteiger partial charge in [0.1, 0.15) is 0 Å². The van der Waals surface area contributed by atoms with Gasteiger partial charge in [-0.05, 0) is 98.9 Å². The van der Waals surface area contributed by atoms with E-state index >= 15 is 8.78 Å². The fourth-order valence-electron chi connectivity index (χ4n) is 5.72. The highest BCUT2D eigenvalue weighted by Gasteiger charge is 2.29. The molecule has 0 fully saturated rings. The van der Waals surface area contributed by atoms with E-state index < -0.39 is 17.6 Å². The van der Waals surface area contributed by atoms with Crippen LogP contribution in [0, 0.1) is 39.3 Å². The van der Waals surface area contributed by atoms with Gasteiger partial charge in [-0.25, -0.2) is 8.78 Å². The van der Waals surface area contributed by atoms with Gasteiger partial charge in [0.25, 0.3) is 0 Å². The zero-order valence-electron chi connectivity index (χ0n) is 21.0. The van der Waals surface area contributed by atoms with E-state index in [1.807, 2.05) is 20.8 Å². The molecule has 2 aliphatic heterocycles. The first kappa shape index (κ1) is 24.2. The predicted molar refractivity (Wildman–Crippen MR) is 133 cm³/mol. The van der Waals surface area contributed by atoms with Crippen molar-refractivity contribution in [3.63, 3.8) is 0 Å². The highest BCUT2D eigenvalue weighted by molar-refractivity contribution is 5.92. The number of carboxylic acid groups (broad SMARTS) is 1. The summed E-state index contributed by atoms with van der Waals surface area (Å²) in [5.74, 6) is -1.42. The first-order chi connectivity index (χ1) is 17.2. The summed E-state index contributed by atoms with van der Waals surface area (Å²) in [6.45, 7) is 8.36. The monoisotopic (exact) mass is 493 g/mol. The lowest BCUT2D eigenvalue weighted by molar-refractivity contribution is -0.136. The molecule has 3 aromatic rings. The van der Waals surface area contributed by atoms with Crippen molar-refractivity contribution in [3.05, 3.63) is 63.0 Å². The van der Waals surface area contributed by atoms with Gasteiger partial charge in [0.15, 0.2) is 23.1 Å². The molecule has 0 unspecified atom stereocenters. The average molecular weight is 494 g/mol. The fourth-order valence-corrected chi connectivity index (χ4v) is 5.72. The van der Waals surface area contributed by atoms with E-state index in [2.05, 4.69) is 4.98 Å². The number of aliphatic carboxylic acids is 1. The number of ether oxygens (including phenoxy) is 2. The van der Waals surface area contributed by atoms with Crippen LogP contribution in [0.25, 0.3) is 22.3 Å². The predicted octanol–water partition coefficient (Wildman–Crippen LogP) is 6.20. The maximum absolute atomic E-state index is 15.4. The number of hydrogen-bond donors (Lipinski definition) is 1. The average Bonchev–Trinajstić information content (AvgIpc) is 2.85. The molecule has 0 aliphatic carbocycles. The van der Waals surface area contributed by atoms with Gasteiger partial charge in [0.05, 0.1) is 19.6 Å². The number of halogens is 2. The Morgan fingerprint density at radius 3 is 1.86 bits per heavy atom. The summed E-state index contributed by atoms with van der Waals surface area (Å²) in [6, 6.07) is 2.87. The minimum Gasteiger partial charge on any atom is -0.490 e. The molecule has 0 saturated heterocycles. The zero-order valence-corrected chi connectivity index (χ0v) is 21.0. The molecule has 1 N–H and O–H groups in total. The molecule has 2 aromatic carbocycles. The van der Waals surface area contributed by atoms with Gasteiger partial charge in [-0.1, -0.05) is 0 Å². The van der Waals surface area contributed by atoms with Crippen molar-refractivity contribution >= 4 is 5.97 Å². The van der Waals surface area contributed by atoms with Crippen molar-refractivity contribution < 1.29 is 28.2 Å². The Labute approximate surface area is 209 Å². The van der Waals surface area contributed by atoms with E-state index in [9.17, 15) is 9.90 Å². The molecule has 36 heavy (non-hydrogen) atoms. The second kappa shape index (κ2) is 9.19. The van der Waals surface area contributed by atoms with Crippen LogP contribution in [0.3, 0.4) is 0 Å². The van der Waals surface area contributed by atoms with Crippen LogP contribution in [0.5, 0.6) is 11.5 Å². The number of carboxylic acids is 1. The molecule has 0 amide bonds. The van der Waals surface area contributed by atoms with E-state index in [0.29, 0.717) is 65.3 Å². The molecular formula is C29H29F2NO4. The van der Waals surface area contributed by atoms with Crippen LogP contribution in [0.1, 0.15) is 52.0 Å². The van der Waals surface area contributed by atoms with Gasteiger partial charge < -0.3 is 14.6 Å². The summed E-state index contributed by atoms with van der Waals surface area (Å²) in [4.78, 5) is 16.6. The lowest BCUT2D eigenvalue weighted by Crippen LogP contribution is -2.15. The Morgan fingerprint density at radius 1 is 0.861 bits per heavy atom. The maximum Gasteiger partial charge on any atom is 0.307 e. The number of hydrogen-bond acceptors (Lipinski definition) is 4. The standard InChI is InChI=1S/C29H29F2NO4/c1-14-18-7-5-9-35-28(18)23(30)11-20(14)26-17(4)32-16(3)22(13-25(33)34)27(26)21-12-24(31)29-19(15(21)2)8-6-10-36-29/h11-12H,5-10,13H2,1-4H3,(H,33,34). The Hall–Kier alpha value is -3.48. The summed E-state index contributed by atoms with van der Waals surface area (Å²) >= 11 is 0. The number of carbonyl (C=O) groups is 1. The van der Waals surface area contributed by atoms with Crippen LogP contribution in [0.2, 0.25) is 0 Å². The van der Waals surface area contributed by atoms with Crippen LogP contribution in [0.4, 0.5) is 8.78 Å². The van der Waals surface area contributed by atoms with Crippen LogP contribution < -0.4 is 9.47 Å². The summed E-state index contributed by atoms with van der Waals surface area (Å²) < 4.78 is 41.9. The van der Waals surface area contributed by atoms with Crippen molar-refractivity contribution in [2.75, 3.05) is 13.2 Å². The summed E-state index contributed by atoms with van der Waals surface area (Å²) in [6.07, 6.45) is 2.63. The first-order valence-corrected chi connectivity index (χ1v) is 12.3. The smallest absolute Gasteiger partial charge is 0.307 e. The third-order valence-corrected chi connectivity index (χ3v) is 7.42. The number of benzene rings is 2. The second-order valence-electron chi connectivity index (χ2n) is 9.66. The molecule has 0 bridgehead atoms.